The molecule has 0 saturated heterocycles. The number of hydrogen-bond donors (Lipinski definition) is 0. The summed E-state index contributed by atoms with van der Waals surface area (Å²) in [6.45, 7) is 6.57. The number of carbonyl (C=O) groups is 1. The van der Waals surface area contributed by atoms with Crippen LogP contribution < -0.4 is 19.6 Å². The molecule has 7 heteroatoms. The van der Waals surface area contributed by atoms with Crippen LogP contribution in [0.25, 0.3) is 22.1 Å². The normalized spacial score (nSPS) is 13.1. The van der Waals surface area contributed by atoms with Gasteiger partial charge in [0.05, 0.1) is 30.3 Å². The van der Waals surface area contributed by atoms with Crippen molar-refractivity contribution < 1.29 is 28.2 Å². The number of benzene rings is 2. The molecule has 33 heavy (non-hydrogen) atoms. The smallest absolute Gasteiger partial charge is 0.344 e. The lowest BCUT2D eigenvalue weighted by Gasteiger charge is -2.14. The maximum Gasteiger partial charge on any atom is 0.344 e. The highest BCUT2D eigenvalue weighted by molar-refractivity contribution is 5.84. The van der Waals surface area contributed by atoms with Crippen LogP contribution in [0.5, 0.6) is 17.2 Å². The molecule has 0 N–H and O–H groups in total. The zero-order chi connectivity index (χ0) is 23.4. The molecule has 0 spiro atoms. The van der Waals surface area contributed by atoms with Crippen LogP contribution in [0.3, 0.4) is 0 Å². The quantitative estimate of drug-likeness (QED) is 0.471. The zero-order valence-corrected chi connectivity index (χ0v) is 19.1. The van der Waals surface area contributed by atoms with Gasteiger partial charge in [0.2, 0.25) is 5.43 Å². The Hall–Kier alpha value is -3.48. The topological polar surface area (TPSA) is 84.2 Å². The molecule has 0 amide bonds. The summed E-state index contributed by atoms with van der Waals surface area (Å²) < 4.78 is 28.1. The van der Waals surface area contributed by atoms with E-state index >= 15 is 0 Å². The van der Waals surface area contributed by atoms with E-state index in [0.29, 0.717) is 59.0 Å². The summed E-state index contributed by atoms with van der Waals surface area (Å²) in [7, 11) is 0. The van der Waals surface area contributed by atoms with Gasteiger partial charge in [-0.25, -0.2) is 4.79 Å². The minimum atomic E-state index is -0.446. The molecule has 2 heterocycles. The SMILES string of the molecule is CCCc1cc2c(=O)c(-c3ccc4c(c3)OCCCO4)coc2cc1OCC(=O)OC(C)C. The fraction of sp³-hybridized carbons (Fsp3) is 0.385. The first-order valence-corrected chi connectivity index (χ1v) is 11.3. The van der Waals surface area contributed by atoms with Gasteiger partial charge in [-0.15, -0.1) is 0 Å². The second-order valence-electron chi connectivity index (χ2n) is 8.22. The summed E-state index contributed by atoms with van der Waals surface area (Å²) in [4.78, 5) is 25.3. The predicted molar refractivity (Wildman–Crippen MR) is 124 cm³/mol. The molecule has 4 rings (SSSR count). The van der Waals surface area contributed by atoms with Gasteiger partial charge in [0, 0.05) is 12.5 Å². The van der Waals surface area contributed by atoms with E-state index in [-0.39, 0.29) is 18.1 Å². The minimum Gasteiger partial charge on any atom is -0.490 e. The Morgan fingerprint density at radius 1 is 1.09 bits per heavy atom. The standard InChI is InChI=1S/C26H28O7/c1-4-6-18-11-19-23(13-22(18)32-15-25(27)33-16(2)3)31-14-20(26(19)28)17-7-8-21-24(12-17)30-10-5-9-29-21/h7-8,11-14,16H,4-6,9-10,15H2,1-3H3. The maximum absolute atomic E-state index is 13.4. The van der Waals surface area contributed by atoms with Crippen molar-refractivity contribution in [2.24, 2.45) is 0 Å². The number of ether oxygens (including phenoxy) is 4. The zero-order valence-electron chi connectivity index (χ0n) is 19.1. The van der Waals surface area contributed by atoms with E-state index in [9.17, 15) is 9.59 Å². The molecule has 7 nitrogen and oxygen atoms in total. The minimum absolute atomic E-state index is 0.145. The molecule has 174 valence electrons. The number of rotatable bonds is 7. The highest BCUT2D eigenvalue weighted by atomic mass is 16.6. The molecule has 0 saturated carbocycles. The van der Waals surface area contributed by atoms with Crippen molar-refractivity contribution >= 4 is 16.9 Å². The van der Waals surface area contributed by atoms with Crippen molar-refractivity contribution in [1.29, 1.82) is 0 Å². The molecule has 0 bridgehead atoms. The van der Waals surface area contributed by atoms with Gasteiger partial charge in [-0.2, -0.15) is 0 Å². The molecule has 1 aliphatic rings. The Morgan fingerprint density at radius 2 is 1.88 bits per heavy atom. The van der Waals surface area contributed by atoms with Gasteiger partial charge in [0.25, 0.3) is 0 Å². The van der Waals surface area contributed by atoms with Crippen LogP contribution in [0, 0.1) is 0 Å². The van der Waals surface area contributed by atoms with Crippen LogP contribution in [0.15, 0.2) is 45.8 Å². The van der Waals surface area contributed by atoms with Crippen molar-refractivity contribution in [3.8, 4) is 28.4 Å². The van der Waals surface area contributed by atoms with Gasteiger partial charge in [0.15, 0.2) is 18.1 Å². The summed E-state index contributed by atoms with van der Waals surface area (Å²) in [5.41, 5.74) is 2.22. The molecule has 0 atom stereocenters. The van der Waals surface area contributed by atoms with Crippen LogP contribution in [-0.4, -0.2) is 31.9 Å². The largest absolute Gasteiger partial charge is 0.490 e. The van der Waals surface area contributed by atoms with Gasteiger partial charge in [-0.1, -0.05) is 19.4 Å². The lowest BCUT2D eigenvalue weighted by molar-refractivity contribution is -0.149. The summed E-state index contributed by atoms with van der Waals surface area (Å²) in [6, 6.07) is 8.91. The summed E-state index contributed by atoms with van der Waals surface area (Å²) >= 11 is 0. The first-order valence-electron chi connectivity index (χ1n) is 11.3. The van der Waals surface area contributed by atoms with Crippen molar-refractivity contribution in [3.63, 3.8) is 0 Å². The van der Waals surface area contributed by atoms with Crippen LogP contribution in [-0.2, 0) is 16.0 Å². The molecule has 3 aromatic rings. The molecule has 1 aliphatic heterocycles. The van der Waals surface area contributed by atoms with Crippen molar-refractivity contribution in [2.75, 3.05) is 19.8 Å². The molecular formula is C26H28O7. The van der Waals surface area contributed by atoms with E-state index in [1.165, 1.54) is 6.26 Å². The van der Waals surface area contributed by atoms with Crippen LogP contribution >= 0.6 is 0 Å². The molecule has 1 aromatic heterocycles. The van der Waals surface area contributed by atoms with Crippen molar-refractivity contribution in [1.82, 2.24) is 0 Å². The van der Waals surface area contributed by atoms with Crippen LogP contribution in [0.1, 0.15) is 39.2 Å². The molecule has 0 radical (unpaired) electrons. The first-order chi connectivity index (χ1) is 16.0. The Morgan fingerprint density at radius 3 is 2.64 bits per heavy atom. The van der Waals surface area contributed by atoms with E-state index in [4.69, 9.17) is 23.4 Å². The number of carbonyl (C=O) groups excluding carboxylic acids is 1. The predicted octanol–water partition coefficient (Wildman–Crippen LogP) is 4.90. The van der Waals surface area contributed by atoms with E-state index in [2.05, 4.69) is 0 Å². The maximum atomic E-state index is 13.4. The van der Waals surface area contributed by atoms with Crippen molar-refractivity contribution in [2.45, 2.75) is 46.1 Å². The number of aryl methyl sites for hydroxylation is 1. The number of fused-ring (bicyclic) bond motifs is 2. The van der Waals surface area contributed by atoms with Gasteiger partial charge in [0.1, 0.15) is 17.6 Å². The molecule has 0 fully saturated rings. The lowest BCUT2D eigenvalue weighted by Crippen LogP contribution is -2.19. The summed E-state index contributed by atoms with van der Waals surface area (Å²) in [6.07, 6.45) is 3.58. The van der Waals surface area contributed by atoms with Crippen molar-refractivity contribution in [3.05, 3.63) is 52.4 Å². The Kier molecular flexibility index (Phi) is 6.87. The van der Waals surface area contributed by atoms with Gasteiger partial charge >= 0.3 is 5.97 Å². The molecular weight excluding hydrogens is 424 g/mol. The van der Waals surface area contributed by atoms with E-state index in [1.54, 1.807) is 26.0 Å². The molecule has 0 unspecified atom stereocenters. The van der Waals surface area contributed by atoms with E-state index in [1.807, 2.05) is 25.1 Å². The Bertz CT molecular complexity index is 1210. The number of hydrogen-bond acceptors (Lipinski definition) is 7. The van der Waals surface area contributed by atoms with E-state index < -0.39 is 5.97 Å². The van der Waals surface area contributed by atoms with Gasteiger partial charge < -0.3 is 23.4 Å². The van der Waals surface area contributed by atoms with Crippen LogP contribution in [0.4, 0.5) is 0 Å². The molecule has 2 aromatic carbocycles. The second-order valence-corrected chi connectivity index (χ2v) is 8.22. The van der Waals surface area contributed by atoms with Crippen LogP contribution in [0.2, 0.25) is 0 Å². The second kappa shape index (κ2) is 9.98. The Balaban J connectivity index is 1.69. The monoisotopic (exact) mass is 452 g/mol. The lowest BCUT2D eigenvalue weighted by atomic mass is 10.0. The third kappa shape index (κ3) is 5.13. The highest BCUT2D eigenvalue weighted by Crippen LogP contribution is 2.34. The molecule has 0 aliphatic carbocycles. The van der Waals surface area contributed by atoms with E-state index in [0.717, 1.165) is 18.4 Å². The Labute approximate surface area is 192 Å². The average molecular weight is 453 g/mol. The fourth-order valence-electron chi connectivity index (χ4n) is 3.76. The first kappa shape index (κ1) is 22.7. The average Bonchev–Trinajstić information content (AvgIpc) is 3.03. The van der Waals surface area contributed by atoms with Gasteiger partial charge in [-0.3, -0.25) is 4.79 Å². The van der Waals surface area contributed by atoms with Gasteiger partial charge in [-0.05, 0) is 49.6 Å². The summed E-state index contributed by atoms with van der Waals surface area (Å²) in [5.74, 6) is 1.35. The summed E-state index contributed by atoms with van der Waals surface area (Å²) in [5, 5.41) is 0.458. The number of esters is 1. The third-order valence-electron chi connectivity index (χ3n) is 5.25. The highest BCUT2D eigenvalue weighted by Gasteiger charge is 2.17. The third-order valence-corrected chi connectivity index (χ3v) is 5.25. The fourth-order valence-corrected chi connectivity index (χ4v) is 3.76.